The van der Waals surface area contributed by atoms with E-state index < -0.39 is 11.0 Å². The topological polar surface area (TPSA) is 84.3 Å². The van der Waals surface area contributed by atoms with E-state index in [4.69, 9.17) is 0 Å². The van der Waals surface area contributed by atoms with E-state index in [1.54, 1.807) is 36.4 Å². The van der Waals surface area contributed by atoms with Crippen LogP contribution in [0.25, 0.3) is 0 Å². The Morgan fingerprint density at radius 2 is 1.67 bits per heavy atom. The number of amides is 2. The summed E-state index contributed by atoms with van der Waals surface area (Å²) in [6, 6.07) is 22.4. The Labute approximate surface area is 149 Å². The Kier molecular flexibility index (Phi) is 7.98. The summed E-state index contributed by atoms with van der Waals surface area (Å²) in [5.74, 6) is 0. The van der Waals surface area contributed by atoms with Crippen molar-refractivity contribution in [1.29, 1.82) is 0 Å². The number of para-hydroxylation sites is 2. The third-order valence-corrected chi connectivity index (χ3v) is 2.83. The molecule has 2 N–H and O–H groups in total. The number of benzene rings is 1. The first-order chi connectivity index (χ1) is 11.2. The van der Waals surface area contributed by atoms with Gasteiger partial charge in [0.05, 0.1) is 4.92 Å². The number of nitro groups is 1. The molecule has 6 nitrogen and oxygen atoms in total. The van der Waals surface area contributed by atoms with Gasteiger partial charge in [0, 0.05) is 6.07 Å². The van der Waals surface area contributed by atoms with Crippen LogP contribution in [-0.2, 0) is 17.1 Å². The minimum Gasteiger partial charge on any atom is -0.387 e. The van der Waals surface area contributed by atoms with Crippen LogP contribution >= 0.6 is 0 Å². The van der Waals surface area contributed by atoms with E-state index in [1.165, 1.54) is 12.1 Å². The SMILES string of the molecule is O=C(Nc1ccccc1[N+](=O)[O-])N[c-]1cccc1.[Fe+6].c1cc[cH-]c1. The molecule has 0 spiro atoms. The van der Waals surface area contributed by atoms with Crippen molar-refractivity contribution in [3.8, 4) is 0 Å². The average molecular weight is 365 g/mol. The second-order valence-electron chi connectivity index (χ2n) is 4.49. The molecule has 0 aliphatic heterocycles. The molecule has 3 rings (SSSR count). The number of hydrogen-bond donors (Lipinski definition) is 2. The predicted octanol–water partition coefficient (Wildman–Crippen LogP) is 4.36. The molecule has 120 valence electrons. The molecule has 0 aliphatic rings. The van der Waals surface area contributed by atoms with Crippen LogP contribution in [0.3, 0.4) is 0 Å². The number of carbonyl (C=O) groups is 1. The molecule has 0 saturated heterocycles. The van der Waals surface area contributed by atoms with E-state index in [9.17, 15) is 14.9 Å². The fraction of sp³-hybridized carbons (Fsp3) is 0. The molecule has 0 atom stereocenters. The number of nitrogens with zero attached hydrogens (tertiary/aromatic N) is 1. The number of hydrogen-bond acceptors (Lipinski definition) is 3. The zero-order chi connectivity index (χ0) is 16.5. The van der Waals surface area contributed by atoms with Crippen LogP contribution in [0.1, 0.15) is 0 Å². The molecule has 3 aromatic rings. The van der Waals surface area contributed by atoms with E-state index in [0.717, 1.165) is 0 Å². The largest absolute Gasteiger partial charge is 6.00 e. The summed E-state index contributed by atoms with van der Waals surface area (Å²) < 4.78 is 0. The summed E-state index contributed by atoms with van der Waals surface area (Å²) in [7, 11) is 0. The van der Waals surface area contributed by atoms with Crippen molar-refractivity contribution in [3.05, 3.63) is 89.0 Å². The Hall–Kier alpha value is -2.89. The van der Waals surface area contributed by atoms with Crippen LogP contribution in [0.4, 0.5) is 21.9 Å². The van der Waals surface area contributed by atoms with E-state index in [0.29, 0.717) is 5.69 Å². The standard InChI is InChI=1S/C12H10N3O3.C5H5.Fe/c16-12(13-9-5-1-2-6-9)14-10-7-3-4-8-11(10)15(17)18;1-2-4-5-3-1;/h1-8H,(H2,13,14,16);1-5H;/q2*-1;+6. The van der Waals surface area contributed by atoms with Gasteiger partial charge in [-0.3, -0.25) is 10.1 Å². The molecule has 0 aromatic heterocycles. The number of nitrogens with one attached hydrogen (secondary N) is 2. The van der Waals surface area contributed by atoms with E-state index in [-0.39, 0.29) is 28.4 Å². The Morgan fingerprint density at radius 1 is 1.04 bits per heavy atom. The molecule has 0 unspecified atom stereocenters. The first kappa shape index (κ1) is 19.2. The molecule has 24 heavy (non-hydrogen) atoms. The molecular weight excluding hydrogens is 350 g/mol. The normalized spacial score (nSPS) is 9.00. The van der Waals surface area contributed by atoms with Crippen molar-refractivity contribution < 1.29 is 26.8 Å². The number of rotatable bonds is 3. The van der Waals surface area contributed by atoms with E-state index >= 15 is 0 Å². The fourth-order valence-electron chi connectivity index (χ4n) is 1.80. The number of urea groups is 1. The number of nitro benzene ring substituents is 1. The van der Waals surface area contributed by atoms with E-state index in [2.05, 4.69) is 10.6 Å². The molecule has 0 heterocycles. The van der Waals surface area contributed by atoms with Gasteiger partial charge in [-0.2, -0.15) is 30.3 Å². The maximum atomic E-state index is 11.6. The quantitative estimate of drug-likeness (QED) is 0.313. The molecule has 0 saturated carbocycles. The smallest absolute Gasteiger partial charge is 0.387 e. The predicted molar refractivity (Wildman–Crippen MR) is 89.8 cm³/mol. The molecular formula is C17H15FeN3O3+4. The summed E-state index contributed by atoms with van der Waals surface area (Å²) in [5.41, 5.74) is 0.646. The van der Waals surface area contributed by atoms with Crippen molar-refractivity contribution in [2.75, 3.05) is 10.6 Å². The summed E-state index contributed by atoms with van der Waals surface area (Å²) in [6.07, 6.45) is 0. The zero-order valence-corrected chi connectivity index (χ0v) is 13.6. The summed E-state index contributed by atoms with van der Waals surface area (Å²) in [4.78, 5) is 21.8. The number of carbonyl (C=O) groups excluding carboxylic acids is 1. The monoisotopic (exact) mass is 365 g/mol. The van der Waals surface area contributed by atoms with Gasteiger partial charge in [0.15, 0.2) is 0 Å². The second-order valence-corrected chi connectivity index (χ2v) is 4.49. The van der Waals surface area contributed by atoms with Crippen LogP contribution in [0, 0.1) is 10.1 Å². The van der Waals surface area contributed by atoms with Crippen LogP contribution in [0.15, 0.2) is 78.9 Å². The molecule has 0 aliphatic carbocycles. The first-order valence-corrected chi connectivity index (χ1v) is 6.86. The maximum absolute atomic E-state index is 11.6. The molecule has 0 radical (unpaired) electrons. The van der Waals surface area contributed by atoms with Crippen molar-refractivity contribution in [2.24, 2.45) is 0 Å². The van der Waals surface area contributed by atoms with Gasteiger partial charge in [-0.25, -0.2) is 12.1 Å². The van der Waals surface area contributed by atoms with Crippen molar-refractivity contribution >= 4 is 23.1 Å². The molecule has 2 amide bonds. The fourth-order valence-corrected chi connectivity index (χ4v) is 1.80. The van der Waals surface area contributed by atoms with Crippen LogP contribution in [0.2, 0.25) is 0 Å². The van der Waals surface area contributed by atoms with Gasteiger partial charge in [0.2, 0.25) is 6.03 Å². The third-order valence-electron chi connectivity index (χ3n) is 2.83. The van der Waals surface area contributed by atoms with Gasteiger partial charge in [-0.05, 0) is 11.8 Å². The van der Waals surface area contributed by atoms with Gasteiger partial charge in [-0.15, -0.1) is 12.1 Å². The van der Waals surface area contributed by atoms with Crippen molar-refractivity contribution in [2.45, 2.75) is 0 Å². The minimum atomic E-state index is -0.544. The van der Waals surface area contributed by atoms with Gasteiger partial charge < -0.3 is 15.4 Å². The summed E-state index contributed by atoms with van der Waals surface area (Å²) in [5, 5.41) is 15.8. The first-order valence-electron chi connectivity index (χ1n) is 6.86. The van der Waals surface area contributed by atoms with Crippen LogP contribution < -0.4 is 10.6 Å². The van der Waals surface area contributed by atoms with Gasteiger partial charge in [-0.1, -0.05) is 12.1 Å². The second kappa shape index (κ2) is 9.99. The third kappa shape index (κ3) is 6.08. The van der Waals surface area contributed by atoms with Crippen molar-refractivity contribution in [3.63, 3.8) is 0 Å². The van der Waals surface area contributed by atoms with Gasteiger partial charge in [0.25, 0.3) is 5.69 Å². The van der Waals surface area contributed by atoms with Gasteiger partial charge >= 0.3 is 17.1 Å². The number of anilines is 2. The summed E-state index contributed by atoms with van der Waals surface area (Å²) >= 11 is 0. The molecule has 3 aromatic carbocycles. The Bertz CT molecular complexity index is 723. The van der Waals surface area contributed by atoms with Crippen molar-refractivity contribution in [1.82, 2.24) is 0 Å². The molecule has 7 heteroatoms. The van der Waals surface area contributed by atoms with Crippen LogP contribution in [-0.4, -0.2) is 11.0 Å². The van der Waals surface area contributed by atoms with Gasteiger partial charge in [0.1, 0.15) is 5.69 Å². The molecule has 0 bridgehead atoms. The molecule has 0 fully saturated rings. The average Bonchev–Trinajstić information content (AvgIpc) is 3.23. The zero-order valence-electron chi connectivity index (χ0n) is 12.5. The summed E-state index contributed by atoms with van der Waals surface area (Å²) in [6.45, 7) is 0. The Balaban J connectivity index is 0.000000412. The maximum Gasteiger partial charge on any atom is 6.00 e. The van der Waals surface area contributed by atoms with Crippen LogP contribution in [0.5, 0.6) is 0 Å². The minimum absolute atomic E-state index is 0. The Morgan fingerprint density at radius 3 is 2.21 bits per heavy atom. The van der Waals surface area contributed by atoms with E-state index in [1.807, 2.05) is 30.3 Å².